The smallest absolute Gasteiger partial charge is 0.344 e. The largest absolute Gasteiger partial charge is 0.466 e. The minimum Gasteiger partial charge on any atom is -0.466 e. The second kappa shape index (κ2) is 11.7. The molecule has 0 unspecified atom stereocenters. The summed E-state index contributed by atoms with van der Waals surface area (Å²) in [7, 11) is 0. The molecule has 0 N–H and O–H groups in total. The van der Waals surface area contributed by atoms with Crippen LogP contribution >= 0.6 is 0 Å². The summed E-state index contributed by atoms with van der Waals surface area (Å²) in [5, 5.41) is 15.4. The van der Waals surface area contributed by atoms with Crippen LogP contribution in [0.2, 0.25) is 0 Å². The van der Waals surface area contributed by atoms with Crippen LogP contribution in [0.3, 0.4) is 0 Å². The number of ether oxygens (including phenoxy) is 3. The third kappa shape index (κ3) is 6.80. The van der Waals surface area contributed by atoms with Crippen molar-refractivity contribution in [3.63, 3.8) is 0 Å². The van der Waals surface area contributed by atoms with Crippen LogP contribution in [-0.2, 0) is 38.4 Å². The summed E-state index contributed by atoms with van der Waals surface area (Å²) in [5.74, 6) is -0.733. The fourth-order valence-electron chi connectivity index (χ4n) is 3.01. The molecule has 0 aliphatic rings. The van der Waals surface area contributed by atoms with E-state index in [1.165, 1.54) is 16.8 Å². The second-order valence-electron chi connectivity index (χ2n) is 6.64. The van der Waals surface area contributed by atoms with E-state index in [2.05, 4.69) is 5.10 Å². The van der Waals surface area contributed by atoms with E-state index in [4.69, 9.17) is 14.2 Å². The predicted octanol–water partition coefficient (Wildman–Crippen LogP) is 2.84. The Labute approximate surface area is 180 Å². The van der Waals surface area contributed by atoms with E-state index in [0.717, 1.165) is 17.7 Å². The molecule has 10 heteroatoms. The van der Waals surface area contributed by atoms with Crippen LogP contribution < -0.4 is 4.74 Å². The maximum Gasteiger partial charge on any atom is 0.344 e. The molecular weight excluding hydrogens is 406 g/mol. The number of carbonyl (C=O) groups excluding carboxylic acids is 2. The van der Waals surface area contributed by atoms with Gasteiger partial charge in [-0.2, -0.15) is 5.10 Å². The average Bonchev–Trinajstić information content (AvgIpc) is 3.03. The lowest BCUT2D eigenvalue weighted by Gasteiger charge is -2.11. The number of benzene rings is 1. The van der Waals surface area contributed by atoms with Crippen LogP contribution in [0.4, 0.5) is 5.69 Å². The van der Waals surface area contributed by atoms with Crippen LogP contribution in [0.25, 0.3) is 0 Å². The van der Waals surface area contributed by atoms with Gasteiger partial charge < -0.3 is 14.2 Å². The molecule has 0 saturated heterocycles. The zero-order valence-electron chi connectivity index (χ0n) is 18.0. The van der Waals surface area contributed by atoms with Crippen LogP contribution in [0, 0.1) is 10.1 Å². The molecule has 0 amide bonds. The Balaban J connectivity index is 2.40. The Morgan fingerprint density at radius 3 is 2.29 bits per heavy atom. The lowest BCUT2D eigenvalue weighted by Crippen LogP contribution is -2.19. The molecule has 0 bridgehead atoms. The topological polar surface area (TPSA) is 123 Å². The Hall–Kier alpha value is -3.43. The van der Waals surface area contributed by atoms with Crippen molar-refractivity contribution >= 4 is 17.6 Å². The normalized spacial score (nSPS) is 10.5. The first-order chi connectivity index (χ1) is 14.9. The third-order valence-electron chi connectivity index (χ3n) is 4.31. The molecule has 1 aromatic heterocycles. The highest BCUT2D eigenvalue weighted by atomic mass is 16.6. The molecule has 0 spiro atoms. The van der Waals surface area contributed by atoms with E-state index >= 15 is 0 Å². The predicted molar refractivity (Wildman–Crippen MR) is 111 cm³/mol. The first kappa shape index (κ1) is 23.8. The summed E-state index contributed by atoms with van der Waals surface area (Å²) >= 11 is 0. The van der Waals surface area contributed by atoms with Crippen molar-refractivity contribution in [2.75, 3.05) is 19.8 Å². The van der Waals surface area contributed by atoms with Gasteiger partial charge in [0.05, 0.1) is 23.8 Å². The molecule has 1 aromatic carbocycles. The van der Waals surface area contributed by atoms with Gasteiger partial charge in [0.1, 0.15) is 6.54 Å². The number of aryl methyl sites for hydroxylation is 1. The summed E-state index contributed by atoms with van der Waals surface area (Å²) in [6.07, 6.45) is 1.81. The zero-order chi connectivity index (χ0) is 22.8. The van der Waals surface area contributed by atoms with Gasteiger partial charge in [-0.25, -0.2) is 9.48 Å². The van der Waals surface area contributed by atoms with E-state index in [1.54, 1.807) is 26.0 Å². The summed E-state index contributed by atoms with van der Waals surface area (Å²) in [5.41, 5.74) is 2.24. The highest BCUT2D eigenvalue weighted by Gasteiger charge is 2.22. The van der Waals surface area contributed by atoms with Gasteiger partial charge >= 0.3 is 11.9 Å². The first-order valence-corrected chi connectivity index (χ1v) is 10.1. The highest BCUT2D eigenvalue weighted by molar-refractivity contribution is 5.71. The van der Waals surface area contributed by atoms with Crippen LogP contribution in [0.1, 0.15) is 44.0 Å². The second-order valence-corrected chi connectivity index (χ2v) is 6.64. The highest BCUT2D eigenvalue weighted by Crippen LogP contribution is 2.28. The van der Waals surface area contributed by atoms with Crippen molar-refractivity contribution in [2.24, 2.45) is 0 Å². The zero-order valence-corrected chi connectivity index (χ0v) is 18.0. The maximum absolute atomic E-state index is 12.0. The minimum absolute atomic E-state index is 0.00526. The van der Waals surface area contributed by atoms with Crippen molar-refractivity contribution in [2.45, 2.75) is 46.6 Å². The molecule has 168 valence electrons. The summed E-state index contributed by atoms with van der Waals surface area (Å²) < 4.78 is 17.1. The van der Waals surface area contributed by atoms with Gasteiger partial charge in [0.2, 0.25) is 5.88 Å². The van der Waals surface area contributed by atoms with Crippen molar-refractivity contribution < 1.29 is 28.7 Å². The lowest BCUT2D eigenvalue weighted by molar-refractivity contribution is -0.384. The van der Waals surface area contributed by atoms with Crippen LogP contribution in [0.15, 0.2) is 24.3 Å². The minimum atomic E-state index is -0.537. The summed E-state index contributed by atoms with van der Waals surface area (Å²) in [6, 6.07) is 6.17. The van der Waals surface area contributed by atoms with Gasteiger partial charge in [-0.3, -0.25) is 14.9 Å². The molecule has 2 rings (SSSR count). The number of carbonyl (C=O) groups is 2. The SMILES string of the molecule is CCCc1nn(CC(=O)OCC)c(OCC(=O)OCC)c1Cc1ccc([N+](=O)[O-])cc1. The van der Waals surface area contributed by atoms with E-state index < -0.39 is 16.9 Å². The number of non-ortho nitro benzene ring substituents is 1. The van der Waals surface area contributed by atoms with Crippen molar-refractivity contribution in [3.05, 3.63) is 51.2 Å². The monoisotopic (exact) mass is 433 g/mol. The fraction of sp³-hybridized carbons (Fsp3) is 0.476. The number of hydrogen-bond acceptors (Lipinski definition) is 8. The van der Waals surface area contributed by atoms with E-state index in [9.17, 15) is 19.7 Å². The van der Waals surface area contributed by atoms with Crippen LogP contribution in [0.5, 0.6) is 5.88 Å². The molecule has 0 fully saturated rings. The Kier molecular flexibility index (Phi) is 8.98. The molecular formula is C21H27N3O7. The van der Waals surface area contributed by atoms with Crippen molar-refractivity contribution in [1.29, 1.82) is 0 Å². The van der Waals surface area contributed by atoms with Gasteiger partial charge in [0.25, 0.3) is 5.69 Å². The van der Waals surface area contributed by atoms with Crippen molar-refractivity contribution in [3.8, 4) is 5.88 Å². The summed E-state index contributed by atoms with van der Waals surface area (Å²) in [4.78, 5) is 34.3. The third-order valence-corrected chi connectivity index (χ3v) is 4.31. The number of nitrogens with zero attached hydrogens (tertiary/aromatic N) is 3. The van der Waals surface area contributed by atoms with Gasteiger partial charge in [-0.05, 0) is 25.8 Å². The number of hydrogen-bond donors (Lipinski definition) is 0. The van der Waals surface area contributed by atoms with E-state index in [1.807, 2.05) is 6.92 Å². The Morgan fingerprint density at radius 1 is 1.06 bits per heavy atom. The van der Waals surface area contributed by atoms with E-state index in [0.29, 0.717) is 18.4 Å². The van der Waals surface area contributed by atoms with E-state index in [-0.39, 0.29) is 37.9 Å². The Morgan fingerprint density at radius 2 is 1.71 bits per heavy atom. The van der Waals surface area contributed by atoms with Gasteiger partial charge in [0.15, 0.2) is 6.61 Å². The summed E-state index contributed by atoms with van der Waals surface area (Å²) in [6.45, 7) is 5.37. The molecule has 0 aliphatic heterocycles. The quantitative estimate of drug-likeness (QED) is 0.284. The lowest BCUT2D eigenvalue weighted by atomic mass is 10.0. The molecule has 0 saturated carbocycles. The van der Waals surface area contributed by atoms with Gasteiger partial charge in [-0.1, -0.05) is 25.5 Å². The standard InChI is InChI=1S/C21H27N3O7/c1-4-7-18-17(12-15-8-10-16(11-9-15)24(27)28)21(31-14-20(26)30-6-3)23(22-18)13-19(25)29-5-2/h8-11H,4-7,12-14H2,1-3H3. The maximum atomic E-state index is 12.0. The molecule has 2 aromatic rings. The number of rotatable bonds is 12. The number of esters is 2. The fourth-order valence-corrected chi connectivity index (χ4v) is 3.01. The van der Waals surface area contributed by atoms with Crippen LogP contribution in [-0.4, -0.2) is 46.5 Å². The molecule has 0 atom stereocenters. The van der Waals surface area contributed by atoms with Gasteiger partial charge in [-0.15, -0.1) is 0 Å². The molecule has 0 radical (unpaired) electrons. The number of nitro groups is 1. The Bertz CT molecular complexity index is 906. The molecule has 10 nitrogen and oxygen atoms in total. The molecule has 1 heterocycles. The number of aromatic nitrogens is 2. The number of nitro benzene ring substituents is 1. The van der Waals surface area contributed by atoms with Crippen molar-refractivity contribution in [1.82, 2.24) is 9.78 Å². The molecule has 31 heavy (non-hydrogen) atoms. The molecule has 0 aliphatic carbocycles. The van der Waals surface area contributed by atoms with Gasteiger partial charge in [0, 0.05) is 24.1 Å². The first-order valence-electron chi connectivity index (χ1n) is 10.1. The average molecular weight is 433 g/mol.